The van der Waals surface area contributed by atoms with E-state index in [2.05, 4.69) is 5.32 Å². The maximum Gasteiger partial charge on any atom is 0.326 e. The fourth-order valence-corrected chi connectivity index (χ4v) is 4.03. The molecule has 0 radical (unpaired) electrons. The number of likely N-dealkylation sites (tertiary alicyclic amines) is 1. The lowest BCUT2D eigenvalue weighted by Crippen LogP contribution is -2.54. The van der Waals surface area contributed by atoms with Crippen LogP contribution < -0.4 is 11.1 Å². The summed E-state index contributed by atoms with van der Waals surface area (Å²) >= 11 is 5.90. The van der Waals surface area contributed by atoms with Gasteiger partial charge in [0.15, 0.2) is 0 Å². The van der Waals surface area contributed by atoms with Gasteiger partial charge in [0, 0.05) is 25.1 Å². The highest BCUT2D eigenvalue weighted by molar-refractivity contribution is 6.30. The summed E-state index contributed by atoms with van der Waals surface area (Å²) in [5.74, 6) is -2.59. The number of aliphatic carboxylic acids is 2. The minimum atomic E-state index is -1.10. The number of nitrogens with two attached hydrogens (primary N) is 1. The van der Waals surface area contributed by atoms with E-state index in [1.807, 2.05) is 12.1 Å². The van der Waals surface area contributed by atoms with Gasteiger partial charge in [-0.25, -0.2) is 4.79 Å². The highest BCUT2D eigenvalue weighted by Crippen LogP contribution is 2.23. The number of carbonyl (C=O) groups excluding carboxylic acids is 1. The second-order valence-corrected chi connectivity index (χ2v) is 8.43. The average molecular weight is 470 g/mol. The predicted molar refractivity (Wildman–Crippen MR) is 120 cm³/mol. The van der Waals surface area contributed by atoms with Gasteiger partial charge in [0.2, 0.25) is 5.91 Å². The molecule has 10 heteroatoms. The lowest BCUT2D eigenvalue weighted by Gasteiger charge is -2.29. The van der Waals surface area contributed by atoms with Crippen LogP contribution in [0.4, 0.5) is 0 Å². The second kappa shape index (κ2) is 12.7. The fourth-order valence-electron chi connectivity index (χ4n) is 3.90. The number of methoxy groups -OCH3 is 1. The molecule has 0 aliphatic carbocycles. The minimum absolute atomic E-state index is 0.157. The normalized spacial score (nSPS) is 20.2. The zero-order valence-electron chi connectivity index (χ0n) is 18.2. The smallest absolute Gasteiger partial charge is 0.326 e. The van der Waals surface area contributed by atoms with E-state index in [0.717, 1.165) is 5.56 Å². The van der Waals surface area contributed by atoms with E-state index in [4.69, 9.17) is 22.1 Å². The summed E-state index contributed by atoms with van der Waals surface area (Å²) in [4.78, 5) is 38.2. The largest absolute Gasteiger partial charge is 0.480 e. The van der Waals surface area contributed by atoms with Crippen molar-refractivity contribution in [3.8, 4) is 0 Å². The Morgan fingerprint density at radius 1 is 1.19 bits per heavy atom. The van der Waals surface area contributed by atoms with Crippen LogP contribution in [0.1, 0.15) is 37.7 Å². The first-order chi connectivity index (χ1) is 15.3. The third-order valence-corrected chi connectivity index (χ3v) is 6.00. The van der Waals surface area contributed by atoms with Gasteiger partial charge in [-0.2, -0.15) is 0 Å². The predicted octanol–water partition coefficient (Wildman–Crippen LogP) is 1.51. The summed E-state index contributed by atoms with van der Waals surface area (Å²) < 4.78 is 5.27. The average Bonchev–Trinajstić information content (AvgIpc) is 3.21. The summed E-state index contributed by atoms with van der Waals surface area (Å²) in [6.07, 6.45) is 2.23. The van der Waals surface area contributed by atoms with Crippen molar-refractivity contribution in [2.75, 3.05) is 20.2 Å². The zero-order valence-corrected chi connectivity index (χ0v) is 19.0. The van der Waals surface area contributed by atoms with Gasteiger partial charge < -0.3 is 25.6 Å². The molecule has 0 aromatic heterocycles. The Bertz CT molecular complexity index is 775. The third kappa shape index (κ3) is 7.44. The van der Waals surface area contributed by atoms with E-state index in [1.165, 1.54) is 12.0 Å². The van der Waals surface area contributed by atoms with Crippen molar-refractivity contribution in [2.24, 2.45) is 5.73 Å². The van der Waals surface area contributed by atoms with Gasteiger partial charge in [0.25, 0.3) is 0 Å². The first-order valence-corrected chi connectivity index (χ1v) is 11.1. The van der Waals surface area contributed by atoms with E-state index in [0.29, 0.717) is 37.3 Å². The van der Waals surface area contributed by atoms with Crippen LogP contribution in [0.15, 0.2) is 24.3 Å². The quantitative estimate of drug-likeness (QED) is 0.318. The van der Waals surface area contributed by atoms with E-state index >= 15 is 0 Å². The molecule has 0 saturated carbocycles. The van der Waals surface area contributed by atoms with Crippen molar-refractivity contribution in [1.82, 2.24) is 10.2 Å². The molecule has 4 atom stereocenters. The van der Waals surface area contributed by atoms with Crippen LogP contribution in [0.3, 0.4) is 0 Å². The molecule has 32 heavy (non-hydrogen) atoms. The van der Waals surface area contributed by atoms with Crippen LogP contribution in [0.2, 0.25) is 5.02 Å². The summed E-state index contributed by atoms with van der Waals surface area (Å²) in [7, 11) is 1.48. The van der Waals surface area contributed by atoms with E-state index < -0.39 is 36.0 Å². The standard InChI is InChI=1S/C22H32ClN3O6/c1-32-16-12-19(22(30)31)26(13-16)20(27)17(4-2-3-11-24)25-18(21(28)29)10-7-14-5-8-15(23)9-6-14/h5-6,8-9,16-19,25H,2-4,7,10-13,24H2,1H3,(H,28,29)(H,30,31)/t16-,17+,18+,19+/m1/s1. The number of carbonyl (C=O) groups is 3. The Balaban J connectivity index is 2.13. The van der Waals surface area contributed by atoms with Crippen molar-refractivity contribution < 1.29 is 29.3 Å². The molecular weight excluding hydrogens is 438 g/mol. The number of unbranched alkanes of at least 4 members (excludes halogenated alkanes) is 1. The molecule has 1 saturated heterocycles. The fraction of sp³-hybridized carbons (Fsp3) is 0.591. The van der Waals surface area contributed by atoms with Crippen LogP contribution >= 0.6 is 11.6 Å². The number of nitrogens with one attached hydrogen (secondary N) is 1. The lowest BCUT2D eigenvalue weighted by molar-refractivity contribution is -0.149. The molecule has 1 aromatic rings. The van der Waals surface area contributed by atoms with Crippen molar-refractivity contribution in [2.45, 2.75) is 62.8 Å². The molecule has 9 nitrogen and oxygen atoms in total. The maximum atomic E-state index is 13.3. The molecule has 5 N–H and O–H groups in total. The molecule has 1 aliphatic rings. The van der Waals surface area contributed by atoms with Crippen molar-refractivity contribution in [3.63, 3.8) is 0 Å². The first-order valence-electron chi connectivity index (χ1n) is 10.8. The number of halogens is 1. The molecule has 1 fully saturated rings. The lowest BCUT2D eigenvalue weighted by atomic mass is 10.0. The Morgan fingerprint density at radius 3 is 2.44 bits per heavy atom. The van der Waals surface area contributed by atoms with Crippen molar-refractivity contribution >= 4 is 29.4 Å². The second-order valence-electron chi connectivity index (χ2n) is 8.00. The number of hydrogen-bond donors (Lipinski definition) is 4. The number of aryl methyl sites for hydroxylation is 1. The van der Waals surface area contributed by atoms with Gasteiger partial charge in [-0.3, -0.25) is 14.9 Å². The van der Waals surface area contributed by atoms with Crippen LogP contribution in [-0.2, 0) is 25.5 Å². The van der Waals surface area contributed by atoms with Gasteiger partial charge in [-0.15, -0.1) is 0 Å². The van der Waals surface area contributed by atoms with Crippen molar-refractivity contribution in [1.29, 1.82) is 0 Å². The van der Waals surface area contributed by atoms with Crippen LogP contribution in [0.25, 0.3) is 0 Å². The Hall–Kier alpha value is -2.20. The summed E-state index contributed by atoms with van der Waals surface area (Å²) in [5.41, 5.74) is 6.50. The molecule has 1 aromatic carbocycles. The minimum Gasteiger partial charge on any atom is -0.480 e. The molecule has 1 aliphatic heterocycles. The topological polar surface area (TPSA) is 142 Å². The molecule has 178 valence electrons. The number of hydrogen-bond acceptors (Lipinski definition) is 6. The molecule has 0 unspecified atom stereocenters. The van der Waals surface area contributed by atoms with Crippen LogP contribution in [0, 0.1) is 0 Å². The molecule has 2 rings (SSSR count). The van der Waals surface area contributed by atoms with Crippen LogP contribution in [0.5, 0.6) is 0 Å². The van der Waals surface area contributed by atoms with Gasteiger partial charge in [0.05, 0.1) is 12.1 Å². The Labute approximate surface area is 192 Å². The maximum absolute atomic E-state index is 13.3. The van der Waals surface area contributed by atoms with Gasteiger partial charge >= 0.3 is 11.9 Å². The SMILES string of the molecule is CO[C@@H]1C[C@@H](C(=O)O)N(C(=O)[C@H](CCCCN)N[C@@H](CCc2ccc(Cl)cc2)C(=O)O)C1. The van der Waals surface area contributed by atoms with Gasteiger partial charge in [-0.1, -0.05) is 30.2 Å². The van der Waals surface area contributed by atoms with Crippen molar-refractivity contribution in [3.05, 3.63) is 34.9 Å². The Kier molecular flexibility index (Phi) is 10.4. The number of ether oxygens (including phenoxy) is 1. The highest BCUT2D eigenvalue weighted by Gasteiger charge is 2.42. The number of rotatable bonds is 13. The number of carboxylic acids is 2. The number of amides is 1. The number of carboxylic acid groups (broad SMARTS) is 2. The van der Waals surface area contributed by atoms with Crippen LogP contribution in [-0.4, -0.2) is 77.4 Å². The number of benzene rings is 1. The van der Waals surface area contributed by atoms with Gasteiger partial charge in [0.1, 0.15) is 12.1 Å². The van der Waals surface area contributed by atoms with Gasteiger partial charge in [-0.05, 0) is 49.9 Å². The molecular formula is C22H32ClN3O6. The highest BCUT2D eigenvalue weighted by atomic mass is 35.5. The first kappa shape index (κ1) is 26.1. The monoisotopic (exact) mass is 469 g/mol. The third-order valence-electron chi connectivity index (χ3n) is 5.74. The molecule has 1 amide bonds. The zero-order chi connectivity index (χ0) is 23.7. The van der Waals surface area contributed by atoms with E-state index in [-0.39, 0.29) is 25.5 Å². The van der Waals surface area contributed by atoms with E-state index in [1.54, 1.807) is 12.1 Å². The Morgan fingerprint density at radius 2 is 1.88 bits per heavy atom. The summed E-state index contributed by atoms with van der Waals surface area (Å²) in [6, 6.07) is 4.35. The van der Waals surface area contributed by atoms with E-state index in [9.17, 15) is 24.6 Å². The summed E-state index contributed by atoms with van der Waals surface area (Å²) in [6.45, 7) is 0.608. The molecule has 0 bridgehead atoms. The molecule has 1 heterocycles. The summed E-state index contributed by atoms with van der Waals surface area (Å²) in [5, 5.41) is 22.9. The number of nitrogens with zero attached hydrogens (tertiary/aromatic N) is 1. The molecule has 0 spiro atoms.